The Hall–Kier alpha value is -3.04. The third-order valence-electron chi connectivity index (χ3n) is 3.11. The quantitative estimate of drug-likeness (QED) is 0.801. The molecule has 0 saturated carbocycles. The van der Waals surface area contributed by atoms with Crippen molar-refractivity contribution in [2.45, 2.75) is 13.0 Å². The van der Waals surface area contributed by atoms with Crippen LogP contribution < -0.4 is 10.1 Å². The Kier molecular flexibility index (Phi) is 6.38. The maximum absolute atomic E-state index is 12.0. The monoisotopic (exact) mass is 358 g/mol. The van der Waals surface area contributed by atoms with Crippen molar-refractivity contribution < 1.29 is 19.1 Å². The summed E-state index contributed by atoms with van der Waals surface area (Å²) in [6.45, 7) is 1.12. The molecule has 1 amide bonds. The summed E-state index contributed by atoms with van der Waals surface area (Å²) in [5.41, 5.74) is 0.984. The fourth-order valence-corrected chi connectivity index (χ4v) is 2.04. The molecule has 2 rings (SSSR count). The van der Waals surface area contributed by atoms with Crippen molar-refractivity contribution in [2.24, 2.45) is 0 Å². The maximum atomic E-state index is 12.0. The van der Waals surface area contributed by atoms with Gasteiger partial charge >= 0.3 is 5.97 Å². The van der Waals surface area contributed by atoms with E-state index in [1.54, 1.807) is 48.5 Å². The van der Waals surface area contributed by atoms with Crippen molar-refractivity contribution >= 4 is 29.2 Å². The van der Waals surface area contributed by atoms with Crippen molar-refractivity contribution in [1.29, 1.82) is 5.26 Å². The molecule has 25 heavy (non-hydrogen) atoms. The van der Waals surface area contributed by atoms with Crippen LogP contribution in [-0.4, -0.2) is 24.6 Å². The first kappa shape index (κ1) is 18.3. The van der Waals surface area contributed by atoms with E-state index in [9.17, 15) is 9.59 Å². The lowest BCUT2D eigenvalue weighted by atomic mass is 10.2. The van der Waals surface area contributed by atoms with Gasteiger partial charge in [-0.05, 0) is 49.4 Å². The van der Waals surface area contributed by atoms with E-state index in [4.69, 9.17) is 26.3 Å². The highest BCUT2D eigenvalue weighted by atomic mass is 35.5. The number of carbonyl (C=O) groups is 2. The molecule has 1 atom stereocenters. The first-order valence-corrected chi connectivity index (χ1v) is 7.74. The van der Waals surface area contributed by atoms with E-state index < -0.39 is 18.0 Å². The molecule has 0 aliphatic heterocycles. The van der Waals surface area contributed by atoms with Gasteiger partial charge in [0.05, 0.1) is 11.6 Å². The molecule has 0 aliphatic rings. The van der Waals surface area contributed by atoms with Crippen LogP contribution in [-0.2, 0) is 14.3 Å². The van der Waals surface area contributed by atoms with Crippen molar-refractivity contribution in [3.63, 3.8) is 0 Å². The molecule has 0 aromatic heterocycles. The van der Waals surface area contributed by atoms with Crippen LogP contribution in [0.1, 0.15) is 12.5 Å². The number of nitrogens with one attached hydrogen (secondary N) is 1. The van der Waals surface area contributed by atoms with Crippen LogP contribution in [0.2, 0.25) is 5.02 Å². The van der Waals surface area contributed by atoms with Crippen LogP contribution in [0.5, 0.6) is 5.75 Å². The summed E-state index contributed by atoms with van der Waals surface area (Å²) in [4.78, 5) is 23.8. The number of benzene rings is 2. The SMILES string of the molecule is C[C@@H](OC(=O)COc1cccc(Cl)c1)C(=O)Nc1ccc(C#N)cc1. The number of hydrogen-bond acceptors (Lipinski definition) is 5. The number of amides is 1. The van der Waals surface area contributed by atoms with Gasteiger partial charge in [0.2, 0.25) is 0 Å². The summed E-state index contributed by atoms with van der Waals surface area (Å²) in [5.74, 6) is -0.734. The smallest absolute Gasteiger partial charge is 0.344 e. The fourth-order valence-electron chi connectivity index (χ4n) is 1.86. The molecule has 0 bridgehead atoms. The summed E-state index contributed by atoms with van der Waals surface area (Å²) in [6, 6.07) is 14.9. The minimum absolute atomic E-state index is 0.338. The molecule has 0 fully saturated rings. The summed E-state index contributed by atoms with van der Waals surface area (Å²) in [6.07, 6.45) is -0.994. The lowest BCUT2D eigenvalue weighted by molar-refractivity contribution is -0.155. The van der Waals surface area contributed by atoms with E-state index in [-0.39, 0.29) is 6.61 Å². The van der Waals surface area contributed by atoms with Gasteiger partial charge in [0.15, 0.2) is 12.7 Å². The average Bonchev–Trinajstić information content (AvgIpc) is 2.60. The molecular formula is C18H15ClN2O4. The predicted octanol–water partition coefficient (Wildman–Crippen LogP) is 3.16. The highest BCUT2D eigenvalue weighted by Gasteiger charge is 2.18. The minimum atomic E-state index is -0.994. The molecule has 6 nitrogen and oxygen atoms in total. The number of ether oxygens (including phenoxy) is 2. The Morgan fingerprint density at radius 2 is 1.96 bits per heavy atom. The summed E-state index contributed by atoms with van der Waals surface area (Å²) < 4.78 is 10.3. The second kappa shape index (κ2) is 8.71. The summed E-state index contributed by atoms with van der Waals surface area (Å²) in [7, 11) is 0. The van der Waals surface area contributed by atoms with E-state index in [1.165, 1.54) is 6.92 Å². The second-order valence-electron chi connectivity index (χ2n) is 5.06. The summed E-state index contributed by atoms with van der Waals surface area (Å²) >= 11 is 5.82. The van der Waals surface area contributed by atoms with Crippen LogP contribution in [0.4, 0.5) is 5.69 Å². The van der Waals surface area contributed by atoms with Gasteiger partial charge in [-0.2, -0.15) is 5.26 Å². The number of carbonyl (C=O) groups excluding carboxylic acids is 2. The molecule has 0 saturated heterocycles. The highest BCUT2D eigenvalue weighted by molar-refractivity contribution is 6.30. The maximum Gasteiger partial charge on any atom is 0.344 e. The van der Waals surface area contributed by atoms with Crippen LogP contribution in [0.3, 0.4) is 0 Å². The lowest BCUT2D eigenvalue weighted by Gasteiger charge is -2.14. The fraction of sp³-hybridized carbons (Fsp3) is 0.167. The van der Waals surface area contributed by atoms with Gasteiger partial charge in [0.1, 0.15) is 5.75 Å². The molecule has 7 heteroatoms. The zero-order valence-corrected chi connectivity index (χ0v) is 14.1. The largest absolute Gasteiger partial charge is 0.482 e. The van der Waals surface area contributed by atoms with E-state index >= 15 is 0 Å². The molecular weight excluding hydrogens is 344 g/mol. The molecule has 0 spiro atoms. The Morgan fingerprint density at radius 3 is 2.60 bits per heavy atom. The number of esters is 1. The molecule has 2 aromatic rings. The molecule has 128 valence electrons. The lowest BCUT2D eigenvalue weighted by Crippen LogP contribution is -2.31. The molecule has 1 N–H and O–H groups in total. The van der Waals surface area contributed by atoms with E-state index in [0.717, 1.165) is 0 Å². The van der Waals surface area contributed by atoms with Gasteiger partial charge in [-0.3, -0.25) is 4.79 Å². The van der Waals surface area contributed by atoms with Gasteiger partial charge in [-0.15, -0.1) is 0 Å². The Bertz CT molecular complexity index is 799. The Labute approximate surface area is 149 Å². The van der Waals surface area contributed by atoms with Crippen LogP contribution >= 0.6 is 11.6 Å². The van der Waals surface area contributed by atoms with Gasteiger partial charge in [-0.25, -0.2) is 4.79 Å². The zero-order valence-electron chi connectivity index (χ0n) is 13.4. The van der Waals surface area contributed by atoms with Gasteiger partial charge in [0, 0.05) is 10.7 Å². The van der Waals surface area contributed by atoms with Crippen molar-refractivity contribution in [2.75, 3.05) is 11.9 Å². The van der Waals surface area contributed by atoms with Crippen LogP contribution in [0, 0.1) is 11.3 Å². The van der Waals surface area contributed by atoms with Crippen LogP contribution in [0.25, 0.3) is 0 Å². The number of hydrogen-bond donors (Lipinski definition) is 1. The first-order valence-electron chi connectivity index (χ1n) is 7.37. The normalized spacial score (nSPS) is 11.1. The standard InChI is InChI=1S/C18H15ClN2O4/c1-12(18(23)21-15-7-5-13(10-20)6-8-15)25-17(22)11-24-16-4-2-3-14(19)9-16/h2-9,12H,11H2,1H3,(H,21,23)/t12-/m1/s1. The predicted molar refractivity (Wildman–Crippen MR) is 92.3 cm³/mol. The number of nitrogens with zero attached hydrogens (tertiary/aromatic N) is 1. The number of rotatable bonds is 6. The molecule has 0 heterocycles. The Balaban J connectivity index is 1.81. The van der Waals surface area contributed by atoms with Crippen molar-refractivity contribution in [3.05, 3.63) is 59.1 Å². The van der Waals surface area contributed by atoms with Gasteiger partial charge in [0.25, 0.3) is 5.91 Å². The van der Waals surface area contributed by atoms with E-state index in [2.05, 4.69) is 5.32 Å². The summed E-state index contributed by atoms with van der Waals surface area (Å²) in [5, 5.41) is 11.8. The topological polar surface area (TPSA) is 88.4 Å². The van der Waals surface area contributed by atoms with Gasteiger partial charge in [-0.1, -0.05) is 17.7 Å². The molecule has 0 unspecified atom stereocenters. The number of halogens is 1. The third-order valence-corrected chi connectivity index (χ3v) is 3.35. The average molecular weight is 359 g/mol. The third kappa shape index (κ3) is 5.83. The molecule has 2 aromatic carbocycles. The van der Waals surface area contributed by atoms with Gasteiger partial charge < -0.3 is 14.8 Å². The molecule has 0 radical (unpaired) electrons. The van der Waals surface area contributed by atoms with E-state index in [1.807, 2.05) is 6.07 Å². The van der Waals surface area contributed by atoms with E-state index in [0.29, 0.717) is 22.0 Å². The number of nitriles is 1. The zero-order chi connectivity index (χ0) is 18.2. The number of anilines is 1. The second-order valence-corrected chi connectivity index (χ2v) is 5.49. The first-order chi connectivity index (χ1) is 12.0. The molecule has 0 aliphatic carbocycles. The van der Waals surface area contributed by atoms with Crippen LogP contribution in [0.15, 0.2) is 48.5 Å². The highest BCUT2D eigenvalue weighted by Crippen LogP contribution is 2.17. The van der Waals surface area contributed by atoms with Crippen molar-refractivity contribution in [3.8, 4) is 11.8 Å². The Morgan fingerprint density at radius 1 is 1.24 bits per heavy atom. The minimum Gasteiger partial charge on any atom is -0.482 e. The van der Waals surface area contributed by atoms with Crippen molar-refractivity contribution in [1.82, 2.24) is 0 Å².